The molecule has 0 amide bonds. The quantitative estimate of drug-likeness (QED) is 0.417. The van der Waals surface area contributed by atoms with Crippen molar-refractivity contribution in [3.8, 4) is 5.75 Å². The van der Waals surface area contributed by atoms with E-state index in [9.17, 15) is 9.90 Å². The van der Waals surface area contributed by atoms with Crippen molar-refractivity contribution in [3.63, 3.8) is 0 Å². The van der Waals surface area contributed by atoms with Crippen molar-refractivity contribution in [1.82, 2.24) is 0 Å². The zero-order valence-electron chi connectivity index (χ0n) is 13.7. The predicted octanol–water partition coefficient (Wildman–Crippen LogP) is 3.07. The zero-order chi connectivity index (χ0) is 18.2. The first-order valence-electron chi connectivity index (χ1n) is 7.74. The zero-order valence-corrected chi connectivity index (χ0v) is 15.3. The van der Waals surface area contributed by atoms with Gasteiger partial charge >= 0.3 is 5.97 Å². The monoisotopic (exact) mass is 390 g/mol. The summed E-state index contributed by atoms with van der Waals surface area (Å²) in [7, 11) is 1.58. The molecule has 138 valence electrons. The molecule has 0 spiro atoms. The van der Waals surface area contributed by atoms with Crippen molar-refractivity contribution in [2.45, 2.75) is 25.0 Å². The van der Waals surface area contributed by atoms with Gasteiger partial charge in [0.25, 0.3) is 0 Å². The lowest BCUT2D eigenvalue weighted by atomic mass is 10.0. The van der Waals surface area contributed by atoms with Crippen LogP contribution < -0.4 is 4.74 Å². The normalized spacial score (nSPS) is 20.7. The van der Waals surface area contributed by atoms with Crippen LogP contribution in [-0.2, 0) is 19.0 Å². The number of cyclic esters (lactones) is 1. The molecule has 8 heteroatoms. The van der Waals surface area contributed by atoms with Gasteiger partial charge in [-0.25, -0.2) is 0 Å². The molecule has 2 atom stereocenters. The van der Waals surface area contributed by atoms with Gasteiger partial charge < -0.3 is 24.1 Å². The van der Waals surface area contributed by atoms with E-state index in [1.807, 2.05) is 0 Å². The Morgan fingerprint density at radius 1 is 1.36 bits per heavy atom. The van der Waals surface area contributed by atoms with Crippen LogP contribution in [-0.4, -0.2) is 50.4 Å². The van der Waals surface area contributed by atoms with Gasteiger partial charge in [-0.05, 0) is 18.2 Å². The van der Waals surface area contributed by atoms with Gasteiger partial charge in [-0.1, -0.05) is 29.3 Å². The first-order valence-corrected chi connectivity index (χ1v) is 8.49. The van der Waals surface area contributed by atoms with Crippen LogP contribution in [0, 0.1) is 0 Å². The van der Waals surface area contributed by atoms with E-state index in [2.05, 4.69) is 0 Å². The summed E-state index contributed by atoms with van der Waals surface area (Å²) in [5, 5.41) is 10.5. The Kier molecular flexibility index (Phi) is 7.99. The number of rotatable bonds is 8. The first-order chi connectivity index (χ1) is 12.0. The van der Waals surface area contributed by atoms with E-state index in [0.717, 1.165) is 0 Å². The van der Waals surface area contributed by atoms with E-state index in [-0.39, 0.29) is 13.2 Å². The Labute approximate surface area is 156 Å². The van der Waals surface area contributed by atoms with Gasteiger partial charge in [-0.3, -0.25) is 4.79 Å². The number of halogens is 2. The van der Waals surface area contributed by atoms with E-state index in [0.29, 0.717) is 41.0 Å². The fraction of sp³-hybridized carbons (Fsp3) is 0.471. The lowest BCUT2D eigenvalue weighted by Crippen LogP contribution is -2.31. The molecule has 0 bridgehead atoms. The van der Waals surface area contributed by atoms with E-state index in [4.69, 9.17) is 42.1 Å². The summed E-state index contributed by atoms with van der Waals surface area (Å²) in [6.07, 6.45) is 2.46. The molecular formula is C17H20Cl2O6. The number of carbonyl (C=O) groups excluding carboxylic acids is 1. The third kappa shape index (κ3) is 6.49. The first kappa shape index (κ1) is 20.0. The van der Waals surface area contributed by atoms with Gasteiger partial charge in [0.1, 0.15) is 11.9 Å². The van der Waals surface area contributed by atoms with Crippen molar-refractivity contribution >= 4 is 35.2 Å². The third-order valence-corrected chi connectivity index (χ3v) is 3.98. The molecule has 25 heavy (non-hydrogen) atoms. The number of benzene rings is 1. The Balaban J connectivity index is 2.07. The standard InChI is InChI=1S/C17H20Cl2O6/c1-22-4-5-23-10-24-16-7-11(18)6-15(19)14(16)3-2-13-8-12(20)9-17(21)25-13/h2-3,6-7,12-13,20H,4-5,8-10H2,1H3/b3-2+. The molecule has 1 N–H and O–H groups in total. The van der Waals surface area contributed by atoms with Gasteiger partial charge in [0.05, 0.1) is 30.8 Å². The van der Waals surface area contributed by atoms with Gasteiger partial charge in [-0.2, -0.15) is 0 Å². The van der Waals surface area contributed by atoms with Crippen molar-refractivity contribution in [3.05, 3.63) is 33.8 Å². The number of aliphatic hydroxyl groups is 1. The second-order valence-corrected chi connectivity index (χ2v) is 6.29. The summed E-state index contributed by atoms with van der Waals surface area (Å²) in [6, 6.07) is 3.21. The molecule has 1 saturated heterocycles. The summed E-state index contributed by atoms with van der Waals surface area (Å²) in [5.74, 6) is 0.00692. The average Bonchev–Trinajstić information content (AvgIpc) is 2.52. The lowest BCUT2D eigenvalue weighted by molar-refractivity contribution is -0.156. The fourth-order valence-electron chi connectivity index (χ4n) is 2.28. The molecule has 0 aromatic heterocycles. The molecule has 1 aliphatic heterocycles. The largest absolute Gasteiger partial charge is 0.467 e. The summed E-state index contributed by atoms with van der Waals surface area (Å²) in [5.41, 5.74) is 0.581. The highest BCUT2D eigenvalue weighted by Gasteiger charge is 2.25. The van der Waals surface area contributed by atoms with Crippen LogP contribution in [0.15, 0.2) is 18.2 Å². The van der Waals surface area contributed by atoms with E-state index >= 15 is 0 Å². The predicted molar refractivity (Wildman–Crippen MR) is 93.9 cm³/mol. The maximum Gasteiger partial charge on any atom is 0.309 e. The summed E-state index contributed by atoms with van der Waals surface area (Å²) >= 11 is 12.3. The molecule has 2 unspecified atom stereocenters. The Bertz CT molecular complexity index is 619. The van der Waals surface area contributed by atoms with E-state index < -0.39 is 18.2 Å². The second kappa shape index (κ2) is 9.99. The minimum absolute atomic E-state index is 0.0119. The molecule has 0 aliphatic carbocycles. The Hall–Kier alpha value is -1.31. The van der Waals surface area contributed by atoms with Crippen LogP contribution in [0.1, 0.15) is 18.4 Å². The molecule has 1 aliphatic rings. The van der Waals surface area contributed by atoms with Crippen molar-refractivity contribution in [2.75, 3.05) is 27.1 Å². The Morgan fingerprint density at radius 2 is 2.16 bits per heavy atom. The number of aliphatic hydroxyl groups excluding tert-OH is 1. The van der Waals surface area contributed by atoms with Gasteiger partial charge in [0, 0.05) is 24.1 Å². The van der Waals surface area contributed by atoms with Crippen LogP contribution in [0.2, 0.25) is 10.0 Å². The number of carbonyl (C=O) groups is 1. The van der Waals surface area contributed by atoms with Gasteiger partial charge in [0.2, 0.25) is 0 Å². The average molecular weight is 391 g/mol. The van der Waals surface area contributed by atoms with Crippen LogP contribution in [0.4, 0.5) is 0 Å². The number of ether oxygens (including phenoxy) is 4. The highest BCUT2D eigenvalue weighted by Crippen LogP contribution is 2.32. The molecule has 1 fully saturated rings. The van der Waals surface area contributed by atoms with E-state index in [1.54, 1.807) is 31.4 Å². The summed E-state index contributed by atoms with van der Waals surface area (Å²) in [4.78, 5) is 11.4. The molecule has 0 radical (unpaired) electrons. The highest BCUT2D eigenvalue weighted by molar-refractivity contribution is 6.35. The molecule has 2 rings (SSSR count). The minimum atomic E-state index is -0.707. The molecule has 6 nitrogen and oxygen atoms in total. The maximum atomic E-state index is 11.4. The van der Waals surface area contributed by atoms with Crippen LogP contribution >= 0.6 is 23.2 Å². The van der Waals surface area contributed by atoms with Gasteiger partial charge in [0.15, 0.2) is 6.79 Å². The minimum Gasteiger partial charge on any atom is -0.467 e. The van der Waals surface area contributed by atoms with E-state index in [1.165, 1.54) is 0 Å². The number of hydrogen-bond acceptors (Lipinski definition) is 6. The Morgan fingerprint density at radius 3 is 2.88 bits per heavy atom. The van der Waals surface area contributed by atoms with Crippen molar-refractivity contribution < 1.29 is 28.8 Å². The molecular weight excluding hydrogens is 371 g/mol. The summed E-state index contributed by atoms with van der Waals surface area (Å²) in [6.45, 7) is 0.867. The van der Waals surface area contributed by atoms with Crippen molar-refractivity contribution in [2.24, 2.45) is 0 Å². The van der Waals surface area contributed by atoms with Gasteiger partial charge in [-0.15, -0.1) is 0 Å². The molecule has 1 heterocycles. The SMILES string of the molecule is COCCOCOc1cc(Cl)cc(Cl)c1/C=C/C1CC(O)CC(=O)O1. The van der Waals surface area contributed by atoms with Crippen LogP contribution in [0.25, 0.3) is 6.08 Å². The molecule has 1 aromatic carbocycles. The number of esters is 1. The number of hydrogen-bond donors (Lipinski definition) is 1. The maximum absolute atomic E-state index is 11.4. The highest BCUT2D eigenvalue weighted by atomic mass is 35.5. The topological polar surface area (TPSA) is 74.2 Å². The molecule has 1 aromatic rings. The second-order valence-electron chi connectivity index (χ2n) is 5.44. The van der Waals surface area contributed by atoms with Crippen LogP contribution in [0.3, 0.4) is 0 Å². The van der Waals surface area contributed by atoms with Crippen LogP contribution in [0.5, 0.6) is 5.75 Å². The molecule has 0 saturated carbocycles. The number of methoxy groups -OCH3 is 1. The lowest BCUT2D eigenvalue weighted by Gasteiger charge is -2.23. The van der Waals surface area contributed by atoms with Crippen molar-refractivity contribution in [1.29, 1.82) is 0 Å². The summed E-state index contributed by atoms with van der Waals surface area (Å²) < 4.78 is 20.9. The smallest absolute Gasteiger partial charge is 0.309 e. The fourth-order valence-corrected chi connectivity index (χ4v) is 2.82. The third-order valence-electron chi connectivity index (χ3n) is 3.45.